The van der Waals surface area contributed by atoms with Crippen LogP contribution in [0, 0.1) is 5.92 Å². The van der Waals surface area contributed by atoms with Gasteiger partial charge in [-0.2, -0.15) is 0 Å². The largest absolute Gasteiger partial charge is 0.491 e. The zero-order chi connectivity index (χ0) is 27.1. The van der Waals surface area contributed by atoms with E-state index in [1.807, 2.05) is 18.2 Å². The first-order valence-electron chi connectivity index (χ1n) is 11.8. The Labute approximate surface area is 216 Å². The van der Waals surface area contributed by atoms with Crippen molar-refractivity contribution in [1.29, 1.82) is 0 Å². The number of carbonyl (C=O) groups is 3. The molecule has 1 aliphatic rings. The molecule has 2 aromatic rings. The SMILES string of the molecule is CC(C)(C)OC(=O)CS(=O)(=O)Nc1ccc(C(=O)OCC(=O)OCc2ccccc2)cc1OCC1CC1. The summed E-state index contributed by atoms with van der Waals surface area (Å²) >= 11 is 0. The summed E-state index contributed by atoms with van der Waals surface area (Å²) in [6.07, 6.45) is 1.99. The van der Waals surface area contributed by atoms with Crippen LogP contribution in [0.2, 0.25) is 0 Å². The fourth-order valence-electron chi connectivity index (χ4n) is 3.06. The van der Waals surface area contributed by atoms with Crippen LogP contribution in [0.4, 0.5) is 5.69 Å². The molecule has 1 aliphatic carbocycles. The van der Waals surface area contributed by atoms with E-state index in [-0.39, 0.29) is 23.6 Å². The van der Waals surface area contributed by atoms with Gasteiger partial charge in [0.15, 0.2) is 12.4 Å². The Morgan fingerprint density at radius 1 is 0.973 bits per heavy atom. The van der Waals surface area contributed by atoms with Gasteiger partial charge in [0.2, 0.25) is 10.0 Å². The van der Waals surface area contributed by atoms with Gasteiger partial charge in [0.1, 0.15) is 18.0 Å². The van der Waals surface area contributed by atoms with E-state index in [1.165, 1.54) is 18.2 Å². The van der Waals surface area contributed by atoms with Crippen molar-refractivity contribution in [2.45, 2.75) is 45.8 Å². The number of hydrogen-bond donors (Lipinski definition) is 1. The molecule has 0 radical (unpaired) electrons. The average Bonchev–Trinajstić information content (AvgIpc) is 3.64. The molecule has 11 heteroatoms. The van der Waals surface area contributed by atoms with E-state index in [0.29, 0.717) is 12.5 Å². The lowest BCUT2D eigenvalue weighted by Crippen LogP contribution is -2.31. The minimum Gasteiger partial charge on any atom is -0.491 e. The molecular formula is C26H31NO9S. The highest BCUT2D eigenvalue weighted by Crippen LogP contribution is 2.33. The molecule has 1 N–H and O–H groups in total. The first-order chi connectivity index (χ1) is 17.4. The molecule has 0 unspecified atom stereocenters. The van der Waals surface area contributed by atoms with Crippen LogP contribution in [0.15, 0.2) is 48.5 Å². The van der Waals surface area contributed by atoms with Gasteiger partial charge in [0.25, 0.3) is 0 Å². The van der Waals surface area contributed by atoms with E-state index in [1.54, 1.807) is 32.9 Å². The quantitative estimate of drug-likeness (QED) is 0.321. The number of benzene rings is 2. The van der Waals surface area contributed by atoms with E-state index in [0.717, 1.165) is 18.4 Å². The Morgan fingerprint density at radius 2 is 1.68 bits per heavy atom. The standard InChI is InChI=1S/C26H31NO9S/c1-26(2,3)36-24(29)17-37(31,32)27-21-12-11-20(13-22(21)33-14-19-9-10-19)25(30)35-16-23(28)34-15-18-7-5-4-6-8-18/h4-8,11-13,19,27H,9-10,14-17H2,1-3H3. The zero-order valence-corrected chi connectivity index (χ0v) is 21.8. The van der Waals surface area contributed by atoms with Crippen molar-refractivity contribution < 1.29 is 41.7 Å². The summed E-state index contributed by atoms with van der Waals surface area (Å²) in [4.78, 5) is 36.5. The molecule has 1 fully saturated rings. The van der Waals surface area contributed by atoms with E-state index < -0.39 is 45.9 Å². The van der Waals surface area contributed by atoms with Crippen LogP contribution in [0.25, 0.3) is 0 Å². The molecule has 1 saturated carbocycles. The first kappa shape index (κ1) is 28.0. The summed E-state index contributed by atoms with van der Waals surface area (Å²) in [6.45, 7) is 4.70. The van der Waals surface area contributed by atoms with Crippen molar-refractivity contribution >= 4 is 33.6 Å². The Balaban J connectivity index is 1.62. The van der Waals surface area contributed by atoms with Gasteiger partial charge in [-0.25, -0.2) is 18.0 Å². The third-order valence-corrected chi connectivity index (χ3v) is 6.09. The van der Waals surface area contributed by atoms with Crippen LogP contribution in [0.1, 0.15) is 49.5 Å². The van der Waals surface area contributed by atoms with E-state index >= 15 is 0 Å². The molecule has 0 atom stereocenters. The van der Waals surface area contributed by atoms with E-state index in [2.05, 4.69) is 4.72 Å². The number of esters is 3. The summed E-state index contributed by atoms with van der Waals surface area (Å²) in [6, 6.07) is 13.0. The van der Waals surface area contributed by atoms with Gasteiger partial charge in [-0.1, -0.05) is 30.3 Å². The zero-order valence-electron chi connectivity index (χ0n) is 21.0. The highest BCUT2D eigenvalue weighted by Gasteiger charge is 2.26. The molecule has 2 aromatic carbocycles. The van der Waals surface area contributed by atoms with E-state index in [9.17, 15) is 22.8 Å². The highest BCUT2D eigenvalue weighted by atomic mass is 32.2. The summed E-state index contributed by atoms with van der Waals surface area (Å²) in [5.41, 5.74) is 0.0744. The molecule has 37 heavy (non-hydrogen) atoms. The van der Waals surface area contributed by atoms with Crippen LogP contribution in [0.5, 0.6) is 5.75 Å². The average molecular weight is 534 g/mol. The summed E-state index contributed by atoms with van der Waals surface area (Å²) in [5, 5.41) is 0. The van der Waals surface area contributed by atoms with Crippen molar-refractivity contribution in [2.24, 2.45) is 5.92 Å². The van der Waals surface area contributed by atoms with Gasteiger partial charge in [-0.05, 0) is 63.3 Å². The molecule has 0 aliphatic heterocycles. The molecule has 200 valence electrons. The smallest absolute Gasteiger partial charge is 0.344 e. The lowest BCUT2D eigenvalue weighted by atomic mass is 10.2. The lowest BCUT2D eigenvalue weighted by molar-refractivity contribution is -0.151. The maximum absolute atomic E-state index is 12.5. The number of hydrogen-bond acceptors (Lipinski definition) is 9. The molecule has 0 amide bonds. The number of ether oxygens (including phenoxy) is 4. The predicted octanol–water partition coefficient (Wildman–Crippen LogP) is 3.46. The summed E-state index contributed by atoms with van der Waals surface area (Å²) in [7, 11) is -4.12. The van der Waals surface area contributed by atoms with Gasteiger partial charge in [0.05, 0.1) is 17.9 Å². The van der Waals surface area contributed by atoms with Gasteiger partial charge >= 0.3 is 17.9 Å². The Morgan fingerprint density at radius 3 is 2.32 bits per heavy atom. The van der Waals surface area contributed by atoms with Crippen molar-refractivity contribution in [3.8, 4) is 5.75 Å². The van der Waals surface area contributed by atoms with E-state index in [4.69, 9.17) is 18.9 Å². The fraction of sp³-hybridized carbons (Fsp3) is 0.423. The second kappa shape index (κ2) is 12.1. The van der Waals surface area contributed by atoms with Crippen LogP contribution in [-0.2, 0) is 40.4 Å². The van der Waals surface area contributed by atoms with Gasteiger partial charge < -0.3 is 18.9 Å². The minimum absolute atomic E-state index is 0.0501. The lowest BCUT2D eigenvalue weighted by Gasteiger charge is -2.20. The third-order valence-electron chi connectivity index (χ3n) is 4.95. The van der Waals surface area contributed by atoms with Gasteiger partial charge in [0, 0.05) is 0 Å². The van der Waals surface area contributed by atoms with Crippen molar-refractivity contribution in [3.63, 3.8) is 0 Å². The van der Waals surface area contributed by atoms with Crippen LogP contribution in [-0.4, -0.2) is 50.9 Å². The van der Waals surface area contributed by atoms with Gasteiger partial charge in [-0.3, -0.25) is 9.52 Å². The van der Waals surface area contributed by atoms with Crippen LogP contribution >= 0.6 is 0 Å². The summed E-state index contributed by atoms with van der Waals surface area (Å²) < 4.78 is 48.4. The van der Waals surface area contributed by atoms with Gasteiger partial charge in [-0.15, -0.1) is 0 Å². The predicted molar refractivity (Wildman–Crippen MR) is 134 cm³/mol. The highest BCUT2D eigenvalue weighted by molar-refractivity contribution is 7.93. The third kappa shape index (κ3) is 10.1. The maximum atomic E-state index is 12.5. The van der Waals surface area contributed by atoms with Crippen LogP contribution < -0.4 is 9.46 Å². The number of carbonyl (C=O) groups excluding carboxylic acids is 3. The molecule has 0 spiro atoms. The second-order valence-corrected chi connectivity index (χ2v) is 11.4. The fourth-order valence-corrected chi connectivity index (χ4v) is 4.01. The monoisotopic (exact) mass is 533 g/mol. The van der Waals surface area contributed by atoms with Crippen LogP contribution in [0.3, 0.4) is 0 Å². The molecule has 0 heterocycles. The van der Waals surface area contributed by atoms with Crippen molar-refractivity contribution in [2.75, 3.05) is 23.7 Å². The topological polar surface area (TPSA) is 134 Å². The molecular weight excluding hydrogens is 502 g/mol. The Bertz CT molecular complexity index is 1220. The normalized spacial score (nSPS) is 13.4. The number of sulfonamides is 1. The number of nitrogens with one attached hydrogen (secondary N) is 1. The molecule has 0 bridgehead atoms. The maximum Gasteiger partial charge on any atom is 0.344 e. The molecule has 10 nitrogen and oxygen atoms in total. The minimum atomic E-state index is -4.12. The molecule has 0 aromatic heterocycles. The van der Waals surface area contributed by atoms with Crippen molar-refractivity contribution in [1.82, 2.24) is 0 Å². The number of rotatable bonds is 12. The Kier molecular flexibility index (Phi) is 9.14. The number of anilines is 1. The van der Waals surface area contributed by atoms with Crippen molar-refractivity contribution in [3.05, 3.63) is 59.7 Å². The Hall–Kier alpha value is -3.60. The first-order valence-corrected chi connectivity index (χ1v) is 13.4. The second-order valence-electron chi connectivity index (χ2n) is 9.64. The summed E-state index contributed by atoms with van der Waals surface area (Å²) in [5.74, 6) is -2.87. The molecule has 0 saturated heterocycles. The molecule has 3 rings (SSSR count).